The highest BCUT2D eigenvalue weighted by Gasteiger charge is 2.45. The smallest absolute Gasteiger partial charge is 0.316 e. The zero-order valence-corrected chi connectivity index (χ0v) is 67.3. The highest BCUT2D eigenvalue weighted by molar-refractivity contribution is 8.23. The number of nitrogens with zero attached hydrogens (tertiary/aromatic N) is 2. The molecule has 0 unspecified atom stereocenters. The van der Waals surface area contributed by atoms with Crippen LogP contribution in [0.4, 0.5) is 0 Å². The molecule has 0 aliphatic heterocycles. The number of fused-ring (bicyclic) bond motifs is 7. The topological polar surface area (TPSA) is 96.8 Å². The van der Waals surface area contributed by atoms with Crippen molar-refractivity contribution in [3.05, 3.63) is 192 Å². The van der Waals surface area contributed by atoms with Crippen LogP contribution in [0.2, 0.25) is 0 Å². The Hall–Kier alpha value is -6.82. The van der Waals surface area contributed by atoms with Gasteiger partial charge in [-0.1, -0.05) is 274 Å². The molecule has 0 saturated carbocycles. The molecule has 0 N–H and O–H groups in total. The second-order valence-electron chi connectivity index (χ2n) is 28.1. The fourth-order valence-corrected chi connectivity index (χ4v) is 20.2. The van der Waals surface area contributed by atoms with Crippen molar-refractivity contribution >= 4 is 114 Å². The van der Waals surface area contributed by atoms with E-state index in [1.165, 1.54) is 210 Å². The summed E-state index contributed by atoms with van der Waals surface area (Å²) in [7, 11) is 0. The zero-order valence-electron chi connectivity index (χ0n) is 61.6. The van der Waals surface area contributed by atoms with Crippen LogP contribution in [0.5, 0.6) is 0 Å². The highest BCUT2D eigenvalue weighted by atomic mass is 32.2. The van der Waals surface area contributed by atoms with Gasteiger partial charge >= 0.3 is 11.9 Å². The third-order valence-corrected chi connectivity index (χ3v) is 26.5. The first-order valence-electron chi connectivity index (χ1n) is 38.6. The normalized spacial score (nSPS) is 13.0. The highest BCUT2D eigenvalue weighted by Crippen LogP contribution is 2.59. The number of carbonyl (C=O) groups excluding carboxylic acids is 2. The average Bonchev–Trinajstić information content (AvgIpc) is 1.56. The standard InChI is InChI=1S/C90H100N2O6S7/c1-5-9-11-13-15-27-51-90(52-28-16-14-12-10-6-2)77-59-67(39-43-71(77)72-44-40-68(60-78(72)90)80-48-50-82(104-80)74-46-45-73(85-86(74)92-105-91-85)81-49-47-79(103-81)64-35-25-22-26-36-64)66-38-42-70-69-41-37-65(63-33-23-21-24-34-63)57-75(69)89(76(70)58-66,53-29-17-19-31-55-97-83(93)61-101-87(99)95-7-3)54-30-18-20-32-56-98-84(94)62-102-88(100)96-8-4/h21-26,33-50,57-60H,5-20,27-32,51-56,61-62H2,1-4H3. The van der Waals surface area contributed by atoms with Crippen molar-refractivity contribution in [3.63, 3.8) is 0 Å². The van der Waals surface area contributed by atoms with E-state index in [0.29, 0.717) is 35.2 Å². The van der Waals surface area contributed by atoms with Crippen LogP contribution >= 0.6 is 82.4 Å². The SMILES string of the molecule is CCCCCCCCC1(CCCCCCCC)c2cc(-c3ccc4c(c3)C(CCCCCCOC(=O)CSC(=S)OCC)(CCCCCCOC(=O)CSC(=S)OCC)c3cc(-c5ccccc5)ccc3-4)ccc2-c2ccc(-c3ccc(-c4ccc(-c5ccc(-c6ccccc6)s5)c5nsnc45)s3)cc21. The van der Waals surface area contributed by atoms with Crippen molar-refractivity contribution in [2.24, 2.45) is 0 Å². The first-order chi connectivity index (χ1) is 51.5. The summed E-state index contributed by atoms with van der Waals surface area (Å²) in [6.45, 7) is 10.1. The van der Waals surface area contributed by atoms with Gasteiger partial charge in [-0.25, -0.2) is 0 Å². The molecule has 3 heterocycles. The number of thioether (sulfide) groups is 2. The van der Waals surface area contributed by atoms with Gasteiger partial charge in [0, 0.05) is 41.5 Å². The van der Waals surface area contributed by atoms with E-state index in [2.05, 4.69) is 184 Å². The maximum Gasteiger partial charge on any atom is 0.316 e. The summed E-state index contributed by atoms with van der Waals surface area (Å²) in [5, 5.41) is 0. The summed E-state index contributed by atoms with van der Waals surface area (Å²) >= 11 is 17.9. The number of benzene rings is 7. The minimum absolute atomic E-state index is 0.152. The van der Waals surface area contributed by atoms with Gasteiger partial charge < -0.3 is 18.9 Å². The summed E-state index contributed by atoms with van der Waals surface area (Å²) in [5.41, 5.74) is 22.5. The minimum Gasteiger partial charge on any atom is -0.479 e. The molecule has 0 spiro atoms. The Morgan fingerprint density at radius 2 is 0.686 bits per heavy atom. The van der Waals surface area contributed by atoms with E-state index >= 15 is 0 Å². The fraction of sp³-hybridized carbons (Fsp3) is 0.400. The lowest BCUT2D eigenvalue weighted by Gasteiger charge is -2.34. The number of thiocarbonyl (C=S) groups is 2. The number of unbranched alkanes of at least 4 members (excludes halogenated alkanes) is 16. The Balaban J connectivity index is 0.879. The van der Waals surface area contributed by atoms with Crippen LogP contribution in [0, 0.1) is 0 Å². The predicted octanol–water partition coefficient (Wildman–Crippen LogP) is 26.9. The van der Waals surface area contributed by atoms with Gasteiger partial charge in [0.05, 0.1) is 49.7 Å². The summed E-state index contributed by atoms with van der Waals surface area (Å²) in [5.74, 6) is -0.225. The lowest BCUT2D eigenvalue weighted by atomic mass is 9.69. The summed E-state index contributed by atoms with van der Waals surface area (Å²) in [6.07, 6.45) is 26.8. The van der Waals surface area contributed by atoms with Crippen molar-refractivity contribution in [3.8, 4) is 86.3 Å². The van der Waals surface area contributed by atoms with Gasteiger partial charge in [0.15, 0.2) is 0 Å². The molecule has 7 aromatic carbocycles. The number of aromatic nitrogens is 2. The van der Waals surface area contributed by atoms with Gasteiger partial charge in [-0.2, -0.15) is 8.75 Å². The van der Waals surface area contributed by atoms with Crippen LogP contribution in [-0.4, -0.2) is 67.4 Å². The first-order valence-corrected chi connectivity index (χ1v) is 43.8. The Labute approximate surface area is 655 Å². The van der Waals surface area contributed by atoms with Gasteiger partial charge in [-0.15, -0.1) is 22.7 Å². The largest absolute Gasteiger partial charge is 0.479 e. The second kappa shape index (κ2) is 38.8. The van der Waals surface area contributed by atoms with Crippen LogP contribution in [0.25, 0.3) is 97.3 Å². The number of hydrogen-bond acceptors (Lipinski definition) is 15. The average molecular weight is 1530 g/mol. The van der Waals surface area contributed by atoms with Crippen molar-refractivity contribution in [1.82, 2.24) is 8.75 Å². The molecule has 12 rings (SSSR count). The third kappa shape index (κ3) is 19.2. The summed E-state index contributed by atoms with van der Waals surface area (Å²) in [6, 6.07) is 64.9. The van der Waals surface area contributed by atoms with Crippen molar-refractivity contribution < 1.29 is 28.5 Å². The Bertz CT molecular complexity index is 4470. The van der Waals surface area contributed by atoms with Crippen molar-refractivity contribution in [2.75, 3.05) is 37.9 Å². The van der Waals surface area contributed by atoms with E-state index in [4.69, 9.17) is 52.1 Å². The molecule has 0 saturated heterocycles. The Kier molecular flexibility index (Phi) is 28.8. The van der Waals surface area contributed by atoms with E-state index in [-0.39, 0.29) is 34.3 Å². The first kappa shape index (κ1) is 77.8. The molecule has 0 bridgehead atoms. The van der Waals surface area contributed by atoms with Gasteiger partial charge in [-0.05, 0) is 203 Å². The predicted molar refractivity (Wildman–Crippen MR) is 456 cm³/mol. The van der Waals surface area contributed by atoms with E-state index < -0.39 is 0 Å². The molecule has 0 fully saturated rings. The quantitative estimate of drug-likeness (QED) is 0.0208. The van der Waals surface area contributed by atoms with Crippen LogP contribution in [0.3, 0.4) is 0 Å². The zero-order chi connectivity index (χ0) is 72.8. The molecule has 548 valence electrons. The lowest BCUT2D eigenvalue weighted by Crippen LogP contribution is -2.26. The number of thiophene rings is 2. The Morgan fingerprint density at radius 1 is 0.352 bits per heavy atom. The number of rotatable bonds is 40. The molecular weight excluding hydrogens is 1430 g/mol. The number of ether oxygens (including phenoxy) is 4. The molecule has 15 heteroatoms. The number of carbonyl (C=O) groups is 2. The fourth-order valence-electron chi connectivity index (χ4n) is 16.0. The number of esters is 2. The van der Waals surface area contributed by atoms with E-state index in [1.54, 1.807) is 0 Å². The van der Waals surface area contributed by atoms with E-state index in [9.17, 15) is 9.59 Å². The maximum absolute atomic E-state index is 12.7. The molecule has 105 heavy (non-hydrogen) atoms. The number of hydrogen-bond donors (Lipinski definition) is 0. The van der Waals surface area contributed by atoms with Gasteiger partial charge in [0.1, 0.15) is 11.0 Å². The van der Waals surface area contributed by atoms with Crippen LogP contribution in [0.1, 0.15) is 204 Å². The summed E-state index contributed by atoms with van der Waals surface area (Å²) < 4.78 is 32.8. The minimum atomic E-state index is -0.273. The molecule has 0 amide bonds. The molecule has 10 aromatic rings. The molecule has 2 aliphatic rings. The van der Waals surface area contributed by atoms with E-state index in [0.717, 1.165) is 99.2 Å². The van der Waals surface area contributed by atoms with E-state index in [1.807, 2.05) is 36.5 Å². The molecule has 2 aliphatic carbocycles. The third-order valence-electron chi connectivity index (χ3n) is 21.2. The molecule has 0 radical (unpaired) electrons. The van der Waals surface area contributed by atoms with Gasteiger partial charge in [-0.3, -0.25) is 9.59 Å². The molecule has 8 nitrogen and oxygen atoms in total. The maximum atomic E-state index is 12.7. The van der Waals surface area contributed by atoms with Gasteiger partial charge in [0.25, 0.3) is 0 Å². The van der Waals surface area contributed by atoms with Crippen molar-refractivity contribution in [2.45, 2.75) is 193 Å². The summed E-state index contributed by atoms with van der Waals surface area (Å²) in [4.78, 5) is 30.4. The van der Waals surface area contributed by atoms with Crippen LogP contribution < -0.4 is 0 Å². The van der Waals surface area contributed by atoms with Crippen LogP contribution in [-0.2, 0) is 39.4 Å². The second-order valence-corrected chi connectivity index (χ2v) is 34.0. The Morgan fingerprint density at radius 3 is 1.10 bits per heavy atom. The molecular formula is C90H100N2O6S7. The monoisotopic (exact) mass is 1530 g/mol. The van der Waals surface area contributed by atoms with Crippen molar-refractivity contribution in [1.29, 1.82) is 0 Å². The molecule has 3 aromatic heterocycles. The van der Waals surface area contributed by atoms with Crippen LogP contribution in [0.15, 0.2) is 170 Å². The van der Waals surface area contributed by atoms with Gasteiger partial charge in [0.2, 0.25) is 8.77 Å². The lowest BCUT2D eigenvalue weighted by molar-refractivity contribution is -0.141. The molecule has 0 atom stereocenters.